The Bertz CT molecular complexity index is 1460. The van der Waals surface area contributed by atoms with Gasteiger partial charge in [0.25, 0.3) is 10.0 Å². The Morgan fingerprint density at radius 1 is 0.853 bits per heavy atom. The van der Waals surface area contributed by atoms with Crippen LogP contribution in [0.4, 0.5) is 5.69 Å². The van der Waals surface area contributed by atoms with E-state index in [0.717, 1.165) is 5.56 Å². The highest BCUT2D eigenvalue weighted by Gasteiger charge is 2.24. The maximum absolute atomic E-state index is 13.3. The number of aliphatic carboxylic acids is 1. The van der Waals surface area contributed by atoms with E-state index in [0.29, 0.717) is 38.9 Å². The fourth-order valence-electron chi connectivity index (χ4n) is 4.27. The van der Waals surface area contributed by atoms with Crippen molar-refractivity contribution in [3.8, 4) is 5.75 Å². The van der Waals surface area contributed by atoms with E-state index in [1.165, 1.54) is 0 Å². The normalized spacial score (nSPS) is 12.3. The Balaban J connectivity index is 1.75. The Kier molecular flexibility index (Phi) is 6.30. The predicted molar refractivity (Wildman–Crippen MR) is 133 cm³/mol. The number of carboxylic acids is 1. The maximum atomic E-state index is 13.3. The molecule has 0 spiro atoms. The van der Waals surface area contributed by atoms with Gasteiger partial charge in [-0.05, 0) is 44.0 Å². The molecule has 174 valence electrons. The molecule has 34 heavy (non-hydrogen) atoms. The molecule has 0 aromatic heterocycles. The lowest BCUT2D eigenvalue weighted by atomic mass is 10.1. The Hall–Kier alpha value is -3.84. The van der Waals surface area contributed by atoms with Crippen molar-refractivity contribution in [2.75, 3.05) is 4.72 Å². The molecule has 4 rings (SSSR count). The summed E-state index contributed by atoms with van der Waals surface area (Å²) in [6.45, 7) is 5.48. The number of carboxylic acid groups (broad SMARTS) is 1. The zero-order valence-electron chi connectivity index (χ0n) is 19.1. The molecular weight excluding hydrogens is 450 g/mol. The molecule has 0 heterocycles. The molecule has 0 saturated carbocycles. The minimum absolute atomic E-state index is 0.248. The van der Waals surface area contributed by atoms with E-state index in [4.69, 9.17) is 4.74 Å². The van der Waals surface area contributed by atoms with Gasteiger partial charge in [-0.3, -0.25) is 4.72 Å². The van der Waals surface area contributed by atoms with Crippen molar-refractivity contribution in [2.24, 2.45) is 0 Å². The first kappa shape index (κ1) is 23.3. The summed E-state index contributed by atoms with van der Waals surface area (Å²) in [5.74, 6) is -0.775. The zero-order valence-corrected chi connectivity index (χ0v) is 19.9. The van der Waals surface area contributed by atoms with Gasteiger partial charge in [0.05, 0.1) is 10.6 Å². The Morgan fingerprint density at radius 3 is 2.06 bits per heavy atom. The topological polar surface area (TPSA) is 92.7 Å². The number of benzene rings is 4. The summed E-state index contributed by atoms with van der Waals surface area (Å²) in [5, 5.41) is 10.9. The molecule has 0 radical (unpaired) electrons. The Labute approximate surface area is 198 Å². The first-order chi connectivity index (χ1) is 16.2. The summed E-state index contributed by atoms with van der Waals surface area (Å²) in [7, 11) is -3.86. The average Bonchev–Trinajstić information content (AvgIpc) is 2.78. The van der Waals surface area contributed by atoms with Crippen LogP contribution in [0, 0.1) is 20.8 Å². The lowest BCUT2D eigenvalue weighted by Crippen LogP contribution is -2.18. The molecule has 0 amide bonds. The molecule has 0 aliphatic heterocycles. The van der Waals surface area contributed by atoms with Crippen molar-refractivity contribution in [2.45, 2.75) is 31.8 Å². The van der Waals surface area contributed by atoms with Gasteiger partial charge in [-0.15, -0.1) is 0 Å². The third-order valence-corrected chi connectivity index (χ3v) is 7.24. The summed E-state index contributed by atoms with van der Waals surface area (Å²) in [6.07, 6.45) is -1.20. The van der Waals surface area contributed by atoms with Crippen LogP contribution in [-0.2, 0) is 14.8 Å². The van der Waals surface area contributed by atoms with Gasteiger partial charge in [0.2, 0.25) is 6.10 Å². The number of aryl methyl sites for hydroxylation is 3. The standard InChI is InChI=1S/C27H25NO5S/c1-17-15-18(2)26(19(3)16-17)34(31,32)28-23-13-14-24(22-12-8-7-11-21(22)23)33-25(27(29)30)20-9-5-4-6-10-20/h4-16,25,28H,1-3H3,(H,29,30). The summed E-state index contributed by atoms with van der Waals surface area (Å²) in [4.78, 5) is 12.2. The van der Waals surface area contributed by atoms with Crippen LogP contribution >= 0.6 is 0 Å². The molecule has 0 aliphatic rings. The maximum Gasteiger partial charge on any atom is 0.349 e. The van der Waals surface area contributed by atoms with E-state index < -0.39 is 22.1 Å². The number of hydrogen-bond acceptors (Lipinski definition) is 4. The van der Waals surface area contributed by atoms with Gasteiger partial charge in [-0.2, -0.15) is 0 Å². The molecule has 2 N–H and O–H groups in total. The van der Waals surface area contributed by atoms with Gasteiger partial charge in [-0.1, -0.05) is 72.3 Å². The first-order valence-electron chi connectivity index (χ1n) is 10.7. The number of sulfonamides is 1. The lowest BCUT2D eigenvalue weighted by Gasteiger charge is -2.19. The smallest absolute Gasteiger partial charge is 0.349 e. The highest BCUT2D eigenvalue weighted by molar-refractivity contribution is 7.92. The molecule has 6 nitrogen and oxygen atoms in total. The monoisotopic (exact) mass is 475 g/mol. The van der Waals surface area contributed by atoms with E-state index in [1.807, 2.05) is 19.1 Å². The number of anilines is 1. The second kappa shape index (κ2) is 9.19. The van der Waals surface area contributed by atoms with Gasteiger partial charge < -0.3 is 9.84 Å². The largest absolute Gasteiger partial charge is 0.478 e. The molecule has 4 aromatic carbocycles. The van der Waals surface area contributed by atoms with Gasteiger partial charge in [0.1, 0.15) is 5.75 Å². The SMILES string of the molecule is Cc1cc(C)c(S(=O)(=O)Nc2ccc(OC(C(=O)O)c3ccccc3)c3ccccc23)c(C)c1. The van der Waals surface area contributed by atoms with Crippen molar-refractivity contribution in [3.63, 3.8) is 0 Å². The molecule has 1 unspecified atom stereocenters. The highest BCUT2D eigenvalue weighted by atomic mass is 32.2. The van der Waals surface area contributed by atoms with Crippen LogP contribution in [0.2, 0.25) is 0 Å². The van der Waals surface area contributed by atoms with Gasteiger partial charge in [0.15, 0.2) is 0 Å². The van der Waals surface area contributed by atoms with Crippen molar-refractivity contribution in [1.29, 1.82) is 0 Å². The molecule has 1 atom stereocenters. The fraction of sp³-hybridized carbons (Fsp3) is 0.148. The lowest BCUT2D eigenvalue weighted by molar-refractivity contribution is -0.145. The van der Waals surface area contributed by atoms with Crippen LogP contribution in [0.5, 0.6) is 5.75 Å². The number of nitrogens with one attached hydrogen (secondary N) is 1. The summed E-state index contributed by atoms with van der Waals surface area (Å²) < 4.78 is 35.3. The molecule has 0 aliphatic carbocycles. The van der Waals surface area contributed by atoms with Crippen molar-refractivity contribution < 1.29 is 23.1 Å². The van der Waals surface area contributed by atoms with Crippen molar-refractivity contribution >= 4 is 32.5 Å². The summed E-state index contributed by atoms with van der Waals surface area (Å²) in [5.41, 5.74) is 3.22. The van der Waals surface area contributed by atoms with Crippen molar-refractivity contribution in [3.05, 3.63) is 101 Å². The minimum atomic E-state index is -3.86. The van der Waals surface area contributed by atoms with E-state index in [2.05, 4.69) is 4.72 Å². The van der Waals surface area contributed by atoms with E-state index >= 15 is 0 Å². The van der Waals surface area contributed by atoms with Crippen LogP contribution in [0.15, 0.2) is 83.8 Å². The van der Waals surface area contributed by atoms with Crippen molar-refractivity contribution in [1.82, 2.24) is 0 Å². The summed E-state index contributed by atoms with van der Waals surface area (Å²) >= 11 is 0. The number of rotatable bonds is 7. The van der Waals surface area contributed by atoms with Crippen LogP contribution < -0.4 is 9.46 Å². The van der Waals surface area contributed by atoms with Gasteiger partial charge >= 0.3 is 5.97 Å². The third kappa shape index (κ3) is 4.61. The number of ether oxygens (including phenoxy) is 1. The van der Waals surface area contributed by atoms with Crippen LogP contribution in [-0.4, -0.2) is 19.5 Å². The molecular formula is C27H25NO5S. The van der Waals surface area contributed by atoms with E-state index in [1.54, 1.807) is 80.6 Å². The molecule has 0 fully saturated rings. The van der Waals surface area contributed by atoms with E-state index in [9.17, 15) is 18.3 Å². The predicted octanol–water partition coefficient (Wildman–Crippen LogP) is 5.77. The second-order valence-corrected chi connectivity index (χ2v) is 9.86. The average molecular weight is 476 g/mol. The number of hydrogen-bond donors (Lipinski definition) is 2. The second-order valence-electron chi connectivity index (χ2n) is 8.24. The number of fused-ring (bicyclic) bond motifs is 1. The molecule has 0 bridgehead atoms. The quantitative estimate of drug-likeness (QED) is 0.354. The van der Waals surface area contributed by atoms with Gasteiger partial charge in [0, 0.05) is 16.3 Å². The summed E-state index contributed by atoms with van der Waals surface area (Å²) in [6, 6.07) is 22.7. The Morgan fingerprint density at radius 2 is 1.44 bits per heavy atom. The minimum Gasteiger partial charge on any atom is -0.478 e. The molecule has 7 heteroatoms. The van der Waals surface area contributed by atoms with E-state index in [-0.39, 0.29) is 4.90 Å². The van der Waals surface area contributed by atoms with Crippen LogP contribution in [0.3, 0.4) is 0 Å². The third-order valence-electron chi connectivity index (χ3n) is 5.57. The molecule has 0 saturated heterocycles. The molecule has 4 aromatic rings. The zero-order chi connectivity index (χ0) is 24.5. The first-order valence-corrected chi connectivity index (χ1v) is 12.2. The van der Waals surface area contributed by atoms with Crippen LogP contribution in [0.1, 0.15) is 28.4 Å². The fourth-order valence-corrected chi connectivity index (χ4v) is 5.80. The van der Waals surface area contributed by atoms with Crippen LogP contribution in [0.25, 0.3) is 10.8 Å². The highest BCUT2D eigenvalue weighted by Crippen LogP contribution is 2.36. The van der Waals surface area contributed by atoms with Gasteiger partial charge in [-0.25, -0.2) is 13.2 Å². The number of carbonyl (C=O) groups is 1.